The largest absolute Gasteiger partial charge is 0.465 e. The summed E-state index contributed by atoms with van der Waals surface area (Å²) in [7, 11) is 0. The van der Waals surface area contributed by atoms with Gasteiger partial charge in [-0.2, -0.15) is 0 Å². The minimum absolute atomic E-state index is 0.0484. The average Bonchev–Trinajstić information content (AvgIpc) is 3.14. The number of likely N-dealkylation sites (tertiary alicyclic amines) is 1. The summed E-state index contributed by atoms with van der Waals surface area (Å²) < 4.78 is 5.68. The summed E-state index contributed by atoms with van der Waals surface area (Å²) in [5, 5.41) is 3.29. The zero-order chi connectivity index (χ0) is 16.6. The molecule has 1 spiro atoms. The molecule has 1 N–H and O–H groups in total. The molecule has 2 fully saturated rings. The fourth-order valence-corrected chi connectivity index (χ4v) is 3.99. The van der Waals surface area contributed by atoms with E-state index in [-0.39, 0.29) is 17.4 Å². The van der Waals surface area contributed by atoms with Crippen LogP contribution < -0.4 is 5.32 Å². The van der Waals surface area contributed by atoms with Crippen LogP contribution >= 0.6 is 0 Å². The molecule has 0 radical (unpaired) electrons. The summed E-state index contributed by atoms with van der Waals surface area (Å²) in [6.07, 6.45) is 6.44. The molecule has 1 amide bonds. The molecular weight excluding hydrogens is 302 g/mol. The fraction of sp³-hybridized carbons (Fsp3) is 0.474. The van der Waals surface area contributed by atoms with Crippen LogP contribution in [0, 0.1) is 6.92 Å². The van der Waals surface area contributed by atoms with Gasteiger partial charge in [-0.1, -0.05) is 6.07 Å². The lowest BCUT2D eigenvalue weighted by Gasteiger charge is -2.39. The molecule has 2 aromatic heterocycles. The van der Waals surface area contributed by atoms with Gasteiger partial charge in [0.25, 0.3) is 0 Å². The fourth-order valence-electron chi connectivity index (χ4n) is 3.99. The van der Waals surface area contributed by atoms with Gasteiger partial charge >= 0.3 is 0 Å². The molecule has 0 bridgehead atoms. The van der Waals surface area contributed by atoms with Gasteiger partial charge in [0.2, 0.25) is 5.91 Å². The van der Waals surface area contributed by atoms with Gasteiger partial charge in [-0.15, -0.1) is 0 Å². The number of hydrogen-bond acceptors (Lipinski definition) is 4. The Morgan fingerprint density at radius 1 is 1.33 bits per heavy atom. The molecule has 4 heterocycles. The van der Waals surface area contributed by atoms with E-state index < -0.39 is 0 Å². The zero-order valence-electron chi connectivity index (χ0n) is 14.0. The van der Waals surface area contributed by atoms with Crippen molar-refractivity contribution in [3.63, 3.8) is 0 Å². The Bertz CT molecular complexity index is 717. The third-order valence-corrected chi connectivity index (χ3v) is 5.38. The van der Waals surface area contributed by atoms with Crippen molar-refractivity contribution in [2.24, 2.45) is 0 Å². The Hall–Kier alpha value is -2.14. The summed E-state index contributed by atoms with van der Waals surface area (Å²) in [5.41, 5.74) is 0.980. The number of hydrogen-bond donors (Lipinski definition) is 1. The van der Waals surface area contributed by atoms with Crippen LogP contribution in [0.5, 0.6) is 0 Å². The third-order valence-electron chi connectivity index (χ3n) is 5.38. The Morgan fingerprint density at radius 2 is 2.17 bits per heavy atom. The smallest absolute Gasteiger partial charge is 0.228 e. The molecular formula is C19H23N3O2. The van der Waals surface area contributed by atoms with Crippen LogP contribution in [0.1, 0.15) is 42.3 Å². The van der Waals surface area contributed by atoms with Gasteiger partial charge in [0.05, 0.1) is 12.5 Å². The molecule has 2 aliphatic heterocycles. The van der Waals surface area contributed by atoms with Gasteiger partial charge < -0.3 is 9.73 Å². The van der Waals surface area contributed by atoms with Gasteiger partial charge in [0, 0.05) is 31.0 Å². The minimum Gasteiger partial charge on any atom is -0.465 e. The van der Waals surface area contributed by atoms with Gasteiger partial charge in [-0.3, -0.25) is 14.7 Å². The predicted molar refractivity (Wildman–Crippen MR) is 90.4 cm³/mol. The van der Waals surface area contributed by atoms with Crippen molar-refractivity contribution in [3.8, 4) is 0 Å². The minimum atomic E-state index is -0.0574. The van der Waals surface area contributed by atoms with E-state index in [0.29, 0.717) is 0 Å². The van der Waals surface area contributed by atoms with Crippen LogP contribution in [-0.4, -0.2) is 34.4 Å². The van der Waals surface area contributed by atoms with Crippen molar-refractivity contribution in [2.75, 3.05) is 13.1 Å². The number of carbonyl (C=O) groups excluding carboxylic acids is 1. The van der Waals surface area contributed by atoms with Crippen LogP contribution in [0.3, 0.4) is 0 Å². The standard InChI is InChI=1S/C19H23N3O2/c1-14-4-5-16(24-14)13-22-9-6-19(7-10-22)11-17(18(23)21-19)15-3-2-8-20-12-15/h2-5,8,12,17H,6-7,9-11,13H2,1H3,(H,21,23). The molecule has 2 saturated heterocycles. The van der Waals surface area contributed by atoms with E-state index in [1.807, 2.05) is 31.3 Å². The predicted octanol–water partition coefficient (Wildman–Crippen LogP) is 2.62. The number of amides is 1. The number of piperidine rings is 1. The summed E-state index contributed by atoms with van der Waals surface area (Å²) in [5.74, 6) is 2.07. The molecule has 2 aliphatic rings. The zero-order valence-corrected chi connectivity index (χ0v) is 14.0. The summed E-state index contributed by atoms with van der Waals surface area (Å²) in [6, 6.07) is 7.97. The number of nitrogens with zero attached hydrogens (tertiary/aromatic N) is 2. The van der Waals surface area contributed by atoms with Crippen molar-refractivity contribution in [2.45, 2.75) is 44.2 Å². The van der Waals surface area contributed by atoms with Crippen molar-refractivity contribution < 1.29 is 9.21 Å². The van der Waals surface area contributed by atoms with E-state index in [4.69, 9.17) is 4.42 Å². The number of aromatic nitrogens is 1. The maximum absolute atomic E-state index is 12.5. The second kappa shape index (κ2) is 6.06. The monoisotopic (exact) mass is 325 g/mol. The number of furan rings is 1. The van der Waals surface area contributed by atoms with Gasteiger partial charge in [-0.25, -0.2) is 0 Å². The van der Waals surface area contributed by atoms with Gasteiger partial charge in [-0.05, 0) is 49.9 Å². The highest BCUT2D eigenvalue weighted by molar-refractivity contribution is 5.87. The molecule has 126 valence electrons. The number of carbonyl (C=O) groups is 1. The first-order valence-electron chi connectivity index (χ1n) is 8.63. The van der Waals surface area contributed by atoms with Crippen LogP contribution in [0.4, 0.5) is 0 Å². The Morgan fingerprint density at radius 3 is 2.83 bits per heavy atom. The van der Waals surface area contributed by atoms with Crippen molar-refractivity contribution in [1.29, 1.82) is 0 Å². The maximum atomic E-state index is 12.5. The summed E-state index contributed by atoms with van der Waals surface area (Å²) in [6.45, 7) is 4.80. The van der Waals surface area contributed by atoms with Gasteiger partial charge in [0.1, 0.15) is 11.5 Å². The number of aryl methyl sites for hydroxylation is 1. The second-order valence-electron chi connectivity index (χ2n) is 7.10. The molecule has 0 aliphatic carbocycles. The quantitative estimate of drug-likeness (QED) is 0.942. The van der Waals surface area contributed by atoms with Crippen molar-refractivity contribution in [1.82, 2.24) is 15.2 Å². The van der Waals surface area contributed by atoms with E-state index in [2.05, 4.69) is 21.3 Å². The lowest BCUT2D eigenvalue weighted by Crippen LogP contribution is -2.50. The van der Waals surface area contributed by atoms with E-state index in [1.54, 1.807) is 6.20 Å². The first-order valence-corrected chi connectivity index (χ1v) is 8.63. The first-order chi connectivity index (χ1) is 11.6. The van der Waals surface area contributed by atoms with E-state index >= 15 is 0 Å². The summed E-state index contributed by atoms with van der Waals surface area (Å²) >= 11 is 0. The van der Waals surface area contributed by atoms with Crippen LogP contribution in [0.15, 0.2) is 41.1 Å². The molecule has 1 unspecified atom stereocenters. The molecule has 0 aromatic carbocycles. The van der Waals surface area contributed by atoms with E-state index in [1.165, 1.54) is 0 Å². The highest BCUT2D eigenvalue weighted by atomic mass is 16.3. The lowest BCUT2D eigenvalue weighted by atomic mass is 9.82. The number of nitrogens with one attached hydrogen (secondary N) is 1. The van der Waals surface area contributed by atoms with Crippen LogP contribution in [-0.2, 0) is 11.3 Å². The molecule has 2 aromatic rings. The van der Waals surface area contributed by atoms with Crippen molar-refractivity contribution >= 4 is 5.91 Å². The van der Waals surface area contributed by atoms with Crippen LogP contribution in [0.2, 0.25) is 0 Å². The normalized spacial score (nSPS) is 23.5. The molecule has 4 rings (SSSR count). The number of rotatable bonds is 3. The van der Waals surface area contributed by atoms with Gasteiger partial charge in [0.15, 0.2) is 0 Å². The van der Waals surface area contributed by atoms with Crippen molar-refractivity contribution in [3.05, 3.63) is 53.7 Å². The third kappa shape index (κ3) is 2.96. The second-order valence-corrected chi connectivity index (χ2v) is 7.10. The maximum Gasteiger partial charge on any atom is 0.228 e. The SMILES string of the molecule is Cc1ccc(CN2CCC3(CC2)CC(c2cccnc2)C(=O)N3)o1. The first kappa shape index (κ1) is 15.4. The molecule has 1 atom stereocenters. The Kier molecular flexibility index (Phi) is 3.88. The average molecular weight is 325 g/mol. The molecule has 24 heavy (non-hydrogen) atoms. The number of pyridine rings is 1. The molecule has 0 saturated carbocycles. The summed E-state index contributed by atoms with van der Waals surface area (Å²) in [4.78, 5) is 19.0. The lowest BCUT2D eigenvalue weighted by molar-refractivity contribution is -0.121. The molecule has 5 nitrogen and oxygen atoms in total. The topological polar surface area (TPSA) is 58.4 Å². The van der Waals surface area contributed by atoms with E-state index in [9.17, 15) is 4.79 Å². The Balaban J connectivity index is 1.39. The highest BCUT2D eigenvalue weighted by Gasteiger charge is 2.46. The van der Waals surface area contributed by atoms with Crippen LogP contribution in [0.25, 0.3) is 0 Å². The Labute approximate surface area is 142 Å². The molecule has 5 heteroatoms. The highest BCUT2D eigenvalue weighted by Crippen LogP contribution is 2.39. The van der Waals surface area contributed by atoms with E-state index in [0.717, 1.165) is 56.0 Å².